The van der Waals surface area contributed by atoms with Gasteiger partial charge in [0.15, 0.2) is 0 Å². The Bertz CT molecular complexity index is 740. The number of aromatic nitrogens is 1. The molecule has 0 radical (unpaired) electrons. The van der Waals surface area contributed by atoms with Crippen molar-refractivity contribution in [1.82, 2.24) is 15.2 Å². The van der Waals surface area contributed by atoms with Crippen LogP contribution in [0.4, 0.5) is 0 Å². The van der Waals surface area contributed by atoms with Crippen LogP contribution in [-0.2, 0) is 25.6 Å². The van der Waals surface area contributed by atoms with E-state index in [4.69, 9.17) is 9.47 Å². The first-order valence-corrected chi connectivity index (χ1v) is 11.5. The molecule has 8 nitrogen and oxygen atoms in total. The van der Waals surface area contributed by atoms with Gasteiger partial charge in [-0.25, -0.2) is 0 Å². The van der Waals surface area contributed by atoms with Crippen molar-refractivity contribution in [2.24, 2.45) is 5.92 Å². The summed E-state index contributed by atoms with van der Waals surface area (Å²) in [5.41, 5.74) is 1.00. The SMILES string of the molecule is O=C(C[C@@H]1CC[C@@H]2[C@H](COC[C@@H](O)CN2C(=O)C2CCCC2)O1)NCc1ccncc1. The predicted octanol–water partition coefficient (Wildman–Crippen LogP) is 1.41. The van der Waals surface area contributed by atoms with Crippen molar-refractivity contribution in [3.8, 4) is 0 Å². The van der Waals surface area contributed by atoms with Gasteiger partial charge in [0.05, 0.1) is 37.9 Å². The second kappa shape index (κ2) is 10.5. The zero-order chi connectivity index (χ0) is 21.6. The third kappa shape index (κ3) is 5.81. The zero-order valence-electron chi connectivity index (χ0n) is 17.9. The first-order chi connectivity index (χ1) is 15.1. The molecule has 3 heterocycles. The van der Waals surface area contributed by atoms with Gasteiger partial charge in [0.25, 0.3) is 0 Å². The lowest BCUT2D eigenvalue weighted by Gasteiger charge is -2.45. The second-order valence-electron chi connectivity index (χ2n) is 8.94. The minimum Gasteiger partial charge on any atom is -0.389 e. The minimum atomic E-state index is -0.678. The quantitative estimate of drug-likeness (QED) is 0.731. The summed E-state index contributed by atoms with van der Waals surface area (Å²) in [5.74, 6) is 0.150. The molecule has 1 aliphatic carbocycles. The third-order valence-corrected chi connectivity index (χ3v) is 6.62. The highest BCUT2D eigenvalue weighted by molar-refractivity contribution is 5.79. The summed E-state index contributed by atoms with van der Waals surface area (Å²) in [7, 11) is 0. The van der Waals surface area contributed by atoms with Crippen molar-refractivity contribution < 1.29 is 24.2 Å². The maximum atomic E-state index is 13.2. The van der Waals surface area contributed by atoms with Gasteiger partial charge in [-0.3, -0.25) is 14.6 Å². The summed E-state index contributed by atoms with van der Waals surface area (Å²) >= 11 is 0. The van der Waals surface area contributed by atoms with Crippen LogP contribution in [0.5, 0.6) is 0 Å². The fraction of sp³-hybridized carbons (Fsp3) is 0.696. The van der Waals surface area contributed by atoms with Crippen LogP contribution in [0.25, 0.3) is 0 Å². The van der Waals surface area contributed by atoms with E-state index in [0.29, 0.717) is 19.6 Å². The van der Waals surface area contributed by atoms with Crippen LogP contribution in [0, 0.1) is 5.92 Å². The number of pyridine rings is 1. The Kier molecular flexibility index (Phi) is 7.53. The monoisotopic (exact) mass is 431 g/mol. The van der Waals surface area contributed by atoms with Gasteiger partial charge in [-0.1, -0.05) is 12.8 Å². The van der Waals surface area contributed by atoms with Gasteiger partial charge in [-0.15, -0.1) is 0 Å². The fourth-order valence-corrected chi connectivity index (χ4v) is 4.98. The summed E-state index contributed by atoms with van der Waals surface area (Å²) in [5, 5.41) is 13.2. The molecule has 0 bridgehead atoms. The third-order valence-electron chi connectivity index (χ3n) is 6.62. The van der Waals surface area contributed by atoms with Crippen molar-refractivity contribution >= 4 is 11.8 Å². The molecule has 2 aliphatic heterocycles. The van der Waals surface area contributed by atoms with E-state index in [1.807, 2.05) is 17.0 Å². The average Bonchev–Trinajstić information content (AvgIpc) is 3.31. The van der Waals surface area contributed by atoms with E-state index in [9.17, 15) is 14.7 Å². The van der Waals surface area contributed by atoms with Crippen molar-refractivity contribution in [1.29, 1.82) is 0 Å². The highest BCUT2D eigenvalue weighted by atomic mass is 16.5. The molecule has 0 aromatic carbocycles. The Labute approximate surface area is 183 Å². The van der Waals surface area contributed by atoms with Crippen LogP contribution in [0.2, 0.25) is 0 Å². The summed E-state index contributed by atoms with van der Waals surface area (Å²) in [6.45, 7) is 1.27. The molecule has 4 rings (SSSR count). The lowest BCUT2D eigenvalue weighted by atomic mass is 9.93. The molecule has 2 amide bonds. The number of rotatable bonds is 5. The minimum absolute atomic E-state index is 0.0543. The number of aliphatic hydroxyl groups is 1. The molecule has 31 heavy (non-hydrogen) atoms. The summed E-state index contributed by atoms with van der Waals surface area (Å²) in [4.78, 5) is 31.4. The number of β-amino-alcohol motifs (C(OH)–C–C–N with tert-alkyl or cyclic N) is 1. The van der Waals surface area contributed by atoms with E-state index in [1.165, 1.54) is 0 Å². The molecule has 0 unspecified atom stereocenters. The van der Waals surface area contributed by atoms with E-state index < -0.39 is 6.10 Å². The van der Waals surface area contributed by atoms with E-state index in [2.05, 4.69) is 10.3 Å². The highest BCUT2D eigenvalue weighted by Crippen LogP contribution is 2.32. The van der Waals surface area contributed by atoms with Crippen LogP contribution in [-0.4, -0.2) is 70.9 Å². The van der Waals surface area contributed by atoms with Gasteiger partial charge in [-0.2, -0.15) is 0 Å². The molecule has 170 valence electrons. The molecule has 4 atom stereocenters. The van der Waals surface area contributed by atoms with Crippen LogP contribution in [0.1, 0.15) is 50.5 Å². The number of nitrogens with zero attached hydrogens (tertiary/aromatic N) is 2. The fourth-order valence-electron chi connectivity index (χ4n) is 4.98. The van der Waals surface area contributed by atoms with E-state index in [-0.39, 0.29) is 55.6 Å². The predicted molar refractivity (Wildman–Crippen MR) is 113 cm³/mol. The van der Waals surface area contributed by atoms with Crippen LogP contribution < -0.4 is 5.32 Å². The number of hydrogen-bond acceptors (Lipinski definition) is 6. The number of hydrogen-bond donors (Lipinski definition) is 2. The molecule has 2 saturated heterocycles. The summed E-state index contributed by atoms with van der Waals surface area (Å²) in [6.07, 6.45) is 8.05. The number of nitrogens with one attached hydrogen (secondary N) is 1. The number of ether oxygens (including phenoxy) is 2. The molecule has 8 heteroatoms. The van der Waals surface area contributed by atoms with Crippen LogP contribution in [0.3, 0.4) is 0 Å². The topological polar surface area (TPSA) is 101 Å². The Balaban J connectivity index is 1.34. The standard InChI is InChI=1S/C23H33N3O5/c27-18-13-26(23(29)17-3-1-2-4-17)20-6-5-19(31-21(20)15-30-14-18)11-22(28)25-12-16-7-9-24-10-8-16/h7-10,17-21,27H,1-6,11-15H2,(H,25,28)/t18-,19-,20+,21-/m0/s1. The molecule has 1 aromatic heterocycles. The van der Waals surface area contributed by atoms with Gasteiger partial charge in [-0.05, 0) is 43.4 Å². The second-order valence-corrected chi connectivity index (χ2v) is 8.94. The smallest absolute Gasteiger partial charge is 0.226 e. The van der Waals surface area contributed by atoms with Gasteiger partial charge in [0.1, 0.15) is 6.10 Å². The van der Waals surface area contributed by atoms with E-state index >= 15 is 0 Å². The lowest BCUT2D eigenvalue weighted by Crippen LogP contribution is -2.58. The Hall–Kier alpha value is -2.03. The zero-order valence-corrected chi connectivity index (χ0v) is 17.9. The van der Waals surface area contributed by atoms with E-state index in [0.717, 1.165) is 37.7 Å². The largest absolute Gasteiger partial charge is 0.389 e. The Morgan fingerprint density at radius 1 is 1.13 bits per heavy atom. The first kappa shape index (κ1) is 22.2. The maximum absolute atomic E-state index is 13.2. The van der Waals surface area contributed by atoms with Gasteiger partial charge < -0.3 is 24.8 Å². The van der Waals surface area contributed by atoms with Crippen molar-refractivity contribution in [3.63, 3.8) is 0 Å². The summed E-state index contributed by atoms with van der Waals surface area (Å²) in [6, 6.07) is 3.63. The Morgan fingerprint density at radius 2 is 1.90 bits per heavy atom. The molecular weight excluding hydrogens is 398 g/mol. The van der Waals surface area contributed by atoms with Gasteiger partial charge in [0, 0.05) is 31.4 Å². The average molecular weight is 432 g/mol. The number of amides is 2. The number of fused-ring (bicyclic) bond motifs is 1. The Morgan fingerprint density at radius 3 is 2.68 bits per heavy atom. The molecular formula is C23H33N3O5. The van der Waals surface area contributed by atoms with Crippen molar-refractivity contribution in [3.05, 3.63) is 30.1 Å². The maximum Gasteiger partial charge on any atom is 0.226 e. The molecule has 1 aromatic rings. The molecule has 3 fully saturated rings. The van der Waals surface area contributed by atoms with Crippen molar-refractivity contribution in [2.45, 2.75) is 75.8 Å². The van der Waals surface area contributed by atoms with Crippen LogP contribution >= 0.6 is 0 Å². The van der Waals surface area contributed by atoms with Gasteiger partial charge in [0.2, 0.25) is 11.8 Å². The number of aliphatic hydroxyl groups excluding tert-OH is 1. The number of carbonyl (C=O) groups is 2. The van der Waals surface area contributed by atoms with Crippen molar-refractivity contribution in [2.75, 3.05) is 19.8 Å². The molecule has 2 N–H and O–H groups in total. The normalized spacial score (nSPS) is 29.6. The molecule has 0 spiro atoms. The molecule has 3 aliphatic rings. The lowest BCUT2D eigenvalue weighted by molar-refractivity contribution is -0.171. The van der Waals surface area contributed by atoms with Gasteiger partial charge >= 0.3 is 0 Å². The highest BCUT2D eigenvalue weighted by Gasteiger charge is 2.41. The number of carbonyl (C=O) groups excluding carboxylic acids is 2. The first-order valence-electron chi connectivity index (χ1n) is 11.5. The molecule has 1 saturated carbocycles. The summed E-state index contributed by atoms with van der Waals surface area (Å²) < 4.78 is 11.9. The van der Waals surface area contributed by atoms with E-state index in [1.54, 1.807) is 12.4 Å². The van der Waals surface area contributed by atoms with Crippen LogP contribution in [0.15, 0.2) is 24.5 Å².